The van der Waals surface area contributed by atoms with Crippen LogP contribution in [0.25, 0.3) is 0 Å². The molecule has 0 atom stereocenters. The zero-order valence-corrected chi connectivity index (χ0v) is 16.0. The Hall–Kier alpha value is -2.10. The summed E-state index contributed by atoms with van der Waals surface area (Å²) in [6, 6.07) is 14.1. The molecule has 2 heterocycles. The van der Waals surface area contributed by atoms with Gasteiger partial charge >= 0.3 is 0 Å². The van der Waals surface area contributed by atoms with E-state index in [0.717, 1.165) is 61.2 Å². The van der Waals surface area contributed by atoms with Crippen molar-refractivity contribution in [2.24, 2.45) is 0 Å². The number of nitriles is 1. The maximum atomic E-state index is 8.91. The van der Waals surface area contributed by atoms with Crippen molar-refractivity contribution in [3.8, 4) is 11.8 Å². The second-order valence-corrected chi connectivity index (χ2v) is 7.76. The summed E-state index contributed by atoms with van der Waals surface area (Å²) in [5, 5.41) is 9.66. The van der Waals surface area contributed by atoms with E-state index in [1.54, 1.807) is 9.80 Å². The van der Waals surface area contributed by atoms with Crippen LogP contribution in [0.15, 0.2) is 36.4 Å². The Morgan fingerprint density at radius 3 is 2.41 bits per heavy atom. The molecule has 0 radical (unpaired) electrons. The lowest BCUT2D eigenvalue weighted by atomic mass is 10.1. The number of hydrogen-bond donors (Lipinski definition) is 2. The molecule has 2 aliphatic rings. The number of nitrogens with one attached hydrogen (secondary N) is 2. The van der Waals surface area contributed by atoms with Gasteiger partial charge in [-0.3, -0.25) is 0 Å². The van der Waals surface area contributed by atoms with Crippen molar-refractivity contribution in [3.63, 3.8) is 0 Å². The quantitative estimate of drug-likeness (QED) is 0.808. The van der Waals surface area contributed by atoms with Crippen LogP contribution in [-0.4, -0.2) is 33.0 Å². The molecule has 1 saturated heterocycles. The highest BCUT2D eigenvalue weighted by Gasteiger charge is 2.26. The number of rotatable bonds is 4. The van der Waals surface area contributed by atoms with E-state index in [1.807, 2.05) is 24.3 Å². The van der Waals surface area contributed by atoms with Gasteiger partial charge < -0.3 is 19.3 Å². The van der Waals surface area contributed by atoms with Gasteiger partial charge in [-0.05, 0) is 24.3 Å². The number of fused-ring (bicyclic) bond motifs is 1. The molecule has 0 unspecified atom stereocenters. The number of quaternary nitrogens is 2. The molecule has 0 aliphatic carbocycles. The van der Waals surface area contributed by atoms with Crippen LogP contribution in [0.3, 0.4) is 0 Å². The Bertz CT molecular complexity index is 840. The minimum Gasteiger partial charge on any atom is -0.467 e. The van der Waals surface area contributed by atoms with E-state index >= 15 is 0 Å². The Morgan fingerprint density at radius 1 is 1.00 bits per heavy atom. The van der Waals surface area contributed by atoms with E-state index < -0.39 is 0 Å². The highest BCUT2D eigenvalue weighted by molar-refractivity contribution is 6.30. The smallest absolute Gasteiger partial charge is 0.189 e. The van der Waals surface area contributed by atoms with Crippen molar-refractivity contribution >= 4 is 11.6 Å². The fourth-order valence-electron chi connectivity index (χ4n) is 3.95. The number of halogens is 1. The zero-order valence-electron chi connectivity index (χ0n) is 15.3. The van der Waals surface area contributed by atoms with Crippen LogP contribution >= 0.6 is 11.6 Å². The number of benzene rings is 2. The summed E-state index contributed by atoms with van der Waals surface area (Å²) in [5.41, 5.74) is 4.25. The molecule has 0 bridgehead atoms. The van der Waals surface area contributed by atoms with Crippen LogP contribution in [0, 0.1) is 11.3 Å². The molecule has 2 aromatic rings. The Balaban J connectivity index is 1.34. The van der Waals surface area contributed by atoms with Gasteiger partial charge in [-0.15, -0.1) is 0 Å². The summed E-state index contributed by atoms with van der Waals surface area (Å²) < 4.78 is 11.1. The zero-order chi connectivity index (χ0) is 18.6. The van der Waals surface area contributed by atoms with Gasteiger partial charge in [0.15, 0.2) is 6.79 Å². The van der Waals surface area contributed by atoms with Crippen molar-refractivity contribution in [3.05, 3.63) is 63.7 Å². The number of piperazine rings is 1. The summed E-state index contributed by atoms with van der Waals surface area (Å²) in [5.74, 6) is 0.963. The predicted molar refractivity (Wildman–Crippen MR) is 102 cm³/mol. The molecule has 1 fully saturated rings. The summed E-state index contributed by atoms with van der Waals surface area (Å²) in [7, 11) is 0. The van der Waals surface area contributed by atoms with Gasteiger partial charge in [0, 0.05) is 16.1 Å². The molecule has 140 valence electrons. The van der Waals surface area contributed by atoms with Crippen molar-refractivity contribution in [1.82, 2.24) is 0 Å². The Labute approximate surface area is 164 Å². The van der Waals surface area contributed by atoms with E-state index in [-0.39, 0.29) is 0 Å². The van der Waals surface area contributed by atoms with Crippen molar-refractivity contribution < 1.29 is 19.3 Å². The van der Waals surface area contributed by atoms with Crippen LogP contribution in [0.1, 0.15) is 22.3 Å². The molecule has 0 saturated carbocycles. The standard InChI is InChI=1S/C21H22ClN3O2/c22-20-9-18(21-19(10-20)14-26-15-27-21)13-25-7-5-24(6-8-25)12-17-3-1-16(11-23)2-4-17/h1-4,9-10H,5-8,12-15H2/p+2. The first-order valence-electron chi connectivity index (χ1n) is 9.39. The van der Waals surface area contributed by atoms with Gasteiger partial charge in [0.05, 0.1) is 23.8 Å². The molecular weight excluding hydrogens is 362 g/mol. The van der Waals surface area contributed by atoms with Crippen LogP contribution in [-0.2, 0) is 24.4 Å². The van der Waals surface area contributed by atoms with Crippen molar-refractivity contribution in [1.29, 1.82) is 5.26 Å². The van der Waals surface area contributed by atoms with Gasteiger partial charge in [-0.1, -0.05) is 23.7 Å². The molecule has 2 aliphatic heterocycles. The number of nitrogens with zero attached hydrogens (tertiary/aromatic N) is 1. The van der Waals surface area contributed by atoms with Gasteiger partial charge in [-0.2, -0.15) is 5.26 Å². The molecule has 0 aromatic heterocycles. The molecule has 5 nitrogen and oxygen atoms in total. The molecule has 4 rings (SSSR count). The Kier molecular flexibility index (Phi) is 5.61. The second-order valence-electron chi connectivity index (χ2n) is 7.33. The topological polar surface area (TPSA) is 51.1 Å². The van der Waals surface area contributed by atoms with E-state index in [9.17, 15) is 0 Å². The average molecular weight is 386 g/mol. The first-order valence-corrected chi connectivity index (χ1v) is 9.77. The molecule has 0 amide bonds. The molecule has 27 heavy (non-hydrogen) atoms. The molecule has 2 aromatic carbocycles. The summed E-state index contributed by atoms with van der Waals surface area (Å²) in [4.78, 5) is 3.17. The number of hydrogen-bond acceptors (Lipinski definition) is 3. The van der Waals surface area contributed by atoms with Crippen LogP contribution in [0.4, 0.5) is 0 Å². The Morgan fingerprint density at radius 2 is 1.70 bits per heavy atom. The van der Waals surface area contributed by atoms with Gasteiger partial charge in [0.2, 0.25) is 0 Å². The van der Waals surface area contributed by atoms with Crippen molar-refractivity contribution in [2.75, 3.05) is 33.0 Å². The molecule has 2 N–H and O–H groups in total. The van der Waals surface area contributed by atoms with Crippen LogP contribution < -0.4 is 14.5 Å². The lowest BCUT2D eigenvalue weighted by Gasteiger charge is -2.30. The first-order chi connectivity index (χ1) is 13.2. The van der Waals surface area contributed by atoms with Crippen molar-refractivity contribution in [2.45, 2.75) is 19.7 Å². The summed E-state index contributed by atoms with van der Waals surface area (Å²) in [6.07, 6.45) is 0. The van der Waals surface area contributed by atoms with Gasteiger partial charge in [-0.25, -0.2) is 0 Å². The normalized spacial score (nSPS) is 21.8. The van der Waals surface area contributed by atoms with E-state index in [4.69, 9.17) is 26.3 Å². The fourth-order valence-corrected chi connectivity index (χ4v) is 4.22. The van der Waals surface area contributed by atoms with E-state index in [2.05, 4.69) is 18.2 Å². The first kappa shape index (κ1) is 18.3. The average Bonchev–Trinajstić information content (AvgIpc) is 2.70. The maximum absolute atomic E-state index is 8.91. The van der Waals surface area contributed by atoms with Crippen LogP contribution in [0.2, 0.25) is 5.02 Å². The summed E-state index contributed by atoms with van der Waals surface area (Å²) in [6.45, 7) is 7.39. The maximum Gasteiger partial charge on any atom is 0.189 e. The molecule has 6 heteroatoms. The van der Waals surface area contributed by atoms with Crippen LogP contribution in [0.5, 0.6) is 5.75 Å². The third-order valence-electron chi connectivity index (χ3n) is 5.39. The second kappa shape index (κ2) is 8.28. The lowest BCUT2D eigenvalue weighted by Crippen LogP contribution is -3.27. The monoisotopic (exact) mass is 385 g/mol. The van der Waals surface area contributed by atoms with E-state index in [1.165, 1.54) is 11.1 Å². The summed E-state index contributed by atoms with van der Waals surface area (Å²) >= 11 is 6.29. The highest BCUT2D eigenvalue weighted by Crippen LogP contribution is 2.31. The van der Waals surface area contributed by atoms with Gasteiger partial charge in [0.25, 0.3) is 0 Å². The third-order valence-corrected chi connectivity index (χ3v) is 5.61. The fraction of sp³-hybridized carbons (Fsp3) is 0.381. The molecule has 0 spiro atoms. The highest BCUT2D eigenvalue weighted by atomic mass is 35.5. The van der Waals surface area contributed by atoms with Gasteiger partial charge in [0.1, 0.15) is 45.0 Å². The molecular formula is C21H24ClN3O2+2. The minimum absolute atomic E-state index is 0.319. The lowest BCUT2D eigenvalue weighted by molar-refractivity contribution is -1.02. The minimum atomic E-state index is 0.319. The largest absolute Gasteiger partial charge is 0.467 e. The SMILES string of the molecule is N#Cc1ccc(C[NH+]2CC[NH+](Cc3cc(Cl)cc4c3OCOC4)CC2)cc1. The predicted octanol–water partition coefficient (Wildman–Crippen LogP) is 0.562. The third kappa shape index (κ3) is 4.42. The van der Waals surface area contributed by atoms with E-state index in [0.29, 0.717) is 13.4 Å². The number of ether oxygens (including phenoxy) is 2.